The second kappa shape index (κ2) is 8.71. The Morgan fingerprint density at radius 3 is 2.36 bits per heavy atom. The fourth-order valence-corrected chi connectivity index (χ4v) is 3.15. The van der Waals surface area contributed by atoms with Crippen LogP contribution in [-0.4, -0.2) is 36.9 Å². The molecule has 1 heterocycles. The Hall–Kier alpha value is -3.12. The quantitative estimate of drug-likeness (QED) is 0.663. The first-order chi connectivity index (χ1) is 13.6. The van der Waals surface area contributed by atoms with Gasteiger partial charge in [0, 0.05) is 42.4 Å². The van der Waals surface area contributed by atoms with Crippen LogP contribution < -0.4 is 5.32 Å². The van der Waals surface area contributed by atoms with Gasteiger partial charge in [0.05, 0.1) is 6.61 Å². The first-order valence-electron chi connectivity index (χ1n) is 9.29. The number of anilines is 1. The van der Waals surface area contributed by atoms with Crippen molar-refractivity contribution in [1.29, 1.82) is 0 Å². The summed E-state index contributed by atoms with van der Waals surface area (Å²) in [5.74, 6) is -0.153. The van der Waals surface area contributed by atoms with Crippen molar-refractivity contribution in [3.63, 3.8) is 0 Å². The molecule has 28 heavy (non-hydrogen) atoms. The molecule has 0 bridgehead atoms. The summed E-state index contributed by atoms with van der Waals surface area (Å²) in [7, 11) is 1.58. The van der Waals surface area contributed by atoms with Gasteiger partial charge in [-0.05, 0) is 44.2 Å². The number of hydrogen-bond donors (Lipinski definition) is 1. The van der Waals surface area contributed by atoms with Gasteiger partial charge in [0.1, 0.15) is 5.58 Å². The van der Waals surface area contributed by atoms with Crippen molar-refractivity contribution in [2.75, 3.05) is 25.5 Å². The second-order valence-corrected chi connectivity index (χ2v) is 6.35. The van der Waals surface area contributed by atoms with Crippen molar-refractivity contribution in [3.8, 4) is 0 Å². The minimum absolute atomic E-state index is 0.0254. The third-order valence-corrected chi connectivity index (χ3v) is 4.63. The summed E-state index contributed by atoms with van der Waals surface area (Å²) >= 11 is 0. The summed E-state index contributed by atoms with van der Waals surface area (Å²) < 4.78 is 11.0. The van der Waals surface area contributed by atoms with Crippen LogP contribution >= 0.6 is 0 Å². The molecule has 2 amide bonds. The number of para-hydroxylation sites is 1. The maximum absolute atomic E-state index is 12.8. The van der Waals surface area contributed by atoms with E-state index in [-0.39, 0.29) is 24.2 Å². The molecule has 6 heteroatoms. The zero-order valence-corrected chi connectivity index (χ0v) is 16.3. The highest BCUT2D eigenvalue weighted by atomic mass is 16.5. The van der Waals surface area contributed by atoms with Crippen molar-refractivity contribution >= 4 is 28.5 Å². The third-order valence-electron chi connectivity index (χ3n) is 4.63. The molecule has 6 nitrogen and oxygen atoms in total. The highest BCUT2D eigenvalue weighted by molar-refractivity contribution is 6.06. The van der Waals surface area contributed by atoms with Crippen LogP contribution in [0.3, 0.4) is 0 Å². The molecule has 0 unspecified atom stereocenters. The number of ether oxygens (including phenoxy) is 1. The number of benzene rings is 2. The van der Waals surface area contributed by atoms with E-state index in [2.05, 4.69) is 5.32 Å². The van der Waals surface area contributed by atoms with Crippen LogP contribution in [0.25, 0.3) is 11.0 Å². The SMILES string of the molecule is CCN(CC)C(=O)c1ccc(NC(=O)c2oc3ccccc3c2COC)cc1. The summed E-state index contributed by atoms with van der Waals surface area (Å²) in [4.78, 5) is 26.9. The van der Waals surface area contributed by atoms with Crippen LogP contribution in [0.5, 0.6) is 0 Å². The Kier molecular flexibility index (Phi) is 6.11. The van der Waals surface area contributed by atoms with Crippen molar-refractivity contribution in [2.24, 2.45) is 0 Å². The number of rotatable bonds is 7. The fraction of sp³-hybridized carbons (Fsp3) is 0.273. The van der Waals surface area contributed by atoms with Crippen LogP contribution in [0.4, 0.5) is 5.69 Å². The fourth-order valence-electron chi connectivity index (χ4n) is 3.15. The van der Waals surface area contributed by atoms with E-state index in [1.54, 1.807) is 36.3 Å². The molecule has 0 saturated carbocycles. The van der Waals surface area contributed by atoms with E-state index in [0.29, 0.717) is 35.5 Å². The van der Waals surface area contributed by atoms with E-state index in [1.165, 1.54) is 0 Å². The molecule has 3 rings (SSSR count). The lowest BCUT2D eigenvalue weighted by atomic mass is 10.1. The van der Waals surface area contributed by atoms with Gasteiger partial charge in [-0.1, -0.05) is 18.2 Å². The van der Waals surface area contributed by atoms with Gasteiger partial charge in [-0.15, -0.1) is 0 Å². The van der Waals surface area contributed by atoms with Gasteiger partial charge in [0.25, 0.3) is 11.8 Å². The molecule has 146 valence electrons. The third kappa shape index (κ3) is 3.92. The number of nitrogens with one attached hydrogen (secondary N) is 1. The molecule has 3 aromatic rings. The Bertz CT molecular complexity index is 972. The predicted molar refractivity (Wildman–Crippen MR) is 109 cm³/mol. The van der Waals surface area contributed by atoms with Gasteiger partial charge in [-0.3, -0.25) is 9.59 Å². The smallest absolute Gasteiger partial charge is 0.291 e. The summed E-state index contributed by atoms with van der Waals surface area (Å²) in [5.41, 5.74) is 2.53. The first-order valence-corrected chi connectivity index (χ1v) is 9.29. The van der Waals surface area contributed by atoms with E-state index in [9.17, 15) is 9.59 Å². The van der Waals surface area contributed by atoms with E-state index in [1.807, 2.05) is 38.1 Å². The maximum Gasteiger partial charge on any atom is 0.291 e. The zero-order chi connectivity index (χ0) is 20.1. The first kappa shape index (κ1) is 19.6. The zero-order valence-electron chi connectivity index (χ0n) is 16.3. The second-order valence-electron chi connectivity index (χ2n) is 6.35. The summed E-state index contributed by atoms with van der Waals surface area (Å²) in [6.45, 7) is 5.48. The van der Waals surface area contributed by atoms with Crippen molar-refractivity contribution in [1.82, 2.24) is 4.90 Å². The molecule has 1 N–H and O–H groups in total. The summed E-state index contributed by atoms with van der Waals surface area (Å²) in [6.07, 6.45) is 0. The van der Waals surface area contributed by atoms with E-state index < -0.39 is 0 Å². The molecule has 0 aliphatic heterocycles. The highest BCUT2D eigenvalue weighted by Crippen LogP contribution is 2.27. The molecule has 0 saturated heterocycles. The number of carbonyl (C=O) groups excluding carboxylic acids is 2. The molecule has 0 aliphatic carbocycles. The molecule has 0 radical (unpaired) electrons. The van der Waals surface area contributed by atoms with Crippen molar-refractivity contribution < 1.29 is 18.7 Å². The molecule has 0 atom stereocenters. The number of hydrogen-bond acceptors (Lipinski definition) is 4. The number of furan rings is 1. The Morgan fingerprint density at radius 1 is 1.04 bits per heavy atom. The van der Waals surface area contributed by atoms with Gasteiger partial charge < -0.3 is 19.4 Å². The minimum Gasteiger partial charge on any atom is -0.451 e. The van der Waals surface area contributed by atoms with Crippen LogP contribution in [0.2, 0.25) is 0 Å². The average Bonchev–Trinajstić information content (AvgIpc) is 3.08. The van der Waals surface area contributed by atoms with Crippen molar-refractivity contribution in [3.05, 3.63) is 65.4 Å². The Balaban J connectivity index is 1.81. The molecular formula is C22H24N2O4. The minimum atomic E-state index is -0.355. The number of amides is 2. The lowest BCUT2D eigenvalue weighted by Crippen LogP contribution is -2.30. The molecule has 0 spiro atoms. The van der Waals surface area contributed by atoms with Gasteiger partial charge >= 0.3 is 0 Å². The van der Waals surface area contributed by atoms with E-state index >= 15 is 0 Å². The van der Waals surface area contributed by atoms with Crippen molar-refractivity contribution in [2.45, 2.75) is 20.5 Å². The largest absolute Gasteiger partial charge is 0.451 e. The van der Waals surface area contributed by atoms with Gasteiger partial charge in [0.2, 0.25) is 0 Å². The van der Waals surface area contributed by atoms with Gasteiger partial charge in [0.15, 0.2) is 5.76 Å². The summed E-state index contributed by atoms with van der Waals surface area (Å²) in [6, 6.07) is 14.3. The van der Waals surface area contributed by atoms with Crippen LogP contribution in [0.15, 0.2) is 52.9 Å². The Labute approximate surface area is 164 Å². The lowest BCUT2D eigenvalue weighted by molar-refractivity contribution is 0.0773. The van der Waals surface area contributed by atoms with Crippen LogP contribution in [0.1, 0.15) is 40.3 Å². The molecule has 1 aromatic heterocycles. The van der Waals surface area contributed by atoms with Gasteiger partial charge in [-0.25, -0.2) is 0 Å². The summed E-state index contributed by atoms with van der Waals surface area (Å²) in [5, 5.41) is 3.68. The monoisotopic (exact) mass is 380 g/mol. The number of nitrogens with zero attached hydrogens (tertiary/aromatic N) is 1. The Morgan fingerprint density at radius 2 is 1.71 bits per heavy atom. The molecular weight excluding hydrogens is 356 g/mol. The number of carbonyl (C=O) groups is 2. The number of fused-ring (bicyclic) bond motifs is 1. The van der Waals surface area contributed by atoms with E-state index in [0.717, 1.165) is 5.39 Å². The highest BCUT2D eigenvalue weighted by Gasteiger charge is 2.20. The number of methoxy groups -OCH3 is 1. The topological polar surface area (TPSA) is 71.8 Å². The van der Waals surface area contributed by atoms with E-state index in [4.69, 9.17) is 9.15 Å². The molecule has 0 aliphatic rings. The lowest BCUT2D eigenvalue weighted by Gasteiger charge is -2.18. The molecule has 2 aromatic carbocycles. The maximum atomic E-state index is 12.8. The van der Waals surface area contributed by atoms with Crippen LogP contribution in [-0.2, 0) is 11.3 Å². The average molecular weight is 380 g/mol. The molecule has 0 fully saturated rings. The van der Waals surface area contributed by atoms with Gasteiger partial charge in [-0.2, -0.15) is 0 Å². The predicted octanol–water partition coefficient (Wildman–Crippen LogP) is 4.31. The standard InChI is InChI=1S/C22H24N2O4/c1-4-24(5-2)22(26)15-10-12-16(13-11-15)23-21(25)20-18(14-27-3)17-8-6-7-9-19(17)28-20/h6-13H,4-5,14H2,1-3H3,(H,23,25). The van der Waals surface area contributed by atoms with Crippen LogP contribution in [0, 0.1) is 0 Å². The normalized spacial score (nSPS) is 10.8.